The van der Waals surface area contributed by atoms with Crippen molar-refractivity contribution in [3.63, 3.8) is 0 Å². The molecule has 1 unspecified atom stereocenters. The van der Waals surface area contributed by atoms with Crippen LogP contribution in [0.3, 0.4) is 0 Å². The molecular formula is C12H11BrClN3. The molecule has 0 radical (unpaired) electrons. The number of hydrogen-bond acceptors (Lipinski definition) is 3. The lowest BCUT2D eigenvalue weighted by molar-refractivity contribution is 0.862. The van der Waals surface area contributed by atoms with Crippen molar-refractivity contribution in [2.45, 2.75) is 6.04 Å². The van der Waals surface area contributed by atoms with Crippen LogP contribution in [0.5, 0.6) is 0 Å². The van der Waals surface area contributed by atoms with Crippen molar-refractivity contribution < 1.29 is 0 Å². The Kier molecular flexibility index (Phi) is 3.66. The van der Waals surface area contributed by atoms with Crippen LogP contribution in [0.1, 0.15) is 17.2 Å². The Labute approximate surface area is 113 Å². The van der Waals surface area contributed by atoms with Crippen molar-refractivity contribution in [1.82, 2.24) is 4.98 Å². The quantitative estimate of drug-likeness (QED) is 0.895. The molecule has 0 aliphatic rings. The number of nitrogens with two attached hydrogens (primary N) is 2. The first kappa shape index (κ1) is 12.4. The molecule has 0 fully saturated rings. The second kappa shape index (κ2) is 5.04. The van der Waals surface area contributed by atoms with Gasteiger partial charge in [-0.15, -0.1) is 0 Å². The van der Waals surface area contributed by atoms with Gasteiger partial charge in [-0.2, -0.15) is 0 Å². The summed E-state index contributed by atoms with van der Waals surface area (Å²) in [5.41, 5.74) is 13.7. The van der Waals surface area contributed by atoms with Gasteiger partial charge in [0.1, 0.15) is 5.82 Å². The lowest BCUT2D eigenvalue weighted by Gasteiger charge is -2.15. The summed E-state index contributed by atoms with van der Waals surface area (Å²) in [6.45, 7) is 0. The molecule has 1 aromatic carbocycles. The average Bonchev–Trinajstić information content (AvgIpc) is 2.32. The summed E-state index contributed by atoms with van der Waals surface area (Å²) in [6.07, 6.45) is 1.51. The van der Waals surface area contributed by atoms with E-state index in [0.717, 1.165) is 15.6 Å². The third kappa shape index (κ3) is 2.60. The van der Waals surface area contributed by atoms with E-state index in [-0.39, 0.29) is 6.04 Å². The molecule has 0 amide bonds. The molecule has 0 spiro atoms. The highest BCUT2D eigenvalue weighted by molar-refractivity contribution is 9.10. The lowest BCUT2D eigenvalue weighted by Crippen LogP contribution is -2.15. The topological polar surface area (TPSA) is 64.9 Å². The Morgan fingerprint density at radius 2 is 1.94 bits per heavy atom. The maximum absolute atomic E-state index is 6.18. The molecule has 1 aromatic heterocycles. The van der Waals surface area contributed by atoms with E-state index in [9.17, 15) is 0 Å². The predicted octanol–water partition coefficient (Wildman–Crippen LogP) is 3.13. The summed E-state index contributed by atoms with van der Waals surface area (Å²) in [6, 6.07) is 9.12. The summed E-state index contributed by atoms with van der Waals surface area (Å²) >= 11 is 9.37. The molecule has 3 nitrogen and oxygen atoms in total. The molecule has 0 aliphatic heterocycles. The zero-order valence-corrected chi connectivity index (χ0v) is 11.2. The second-order valence-corrected chi connectivity index (χ2v) is 4.92. The Morgan fingerprint density at radius 1 is 1.24 bits per heavy atom. The van der Waals surface area contributed by atoms with Crippen LogP contribution in [0.4, 0.5) is 5.82 Å². The van der Waals surface area contributed by atoms with Crippen molar-refractivity contribution in [2.24, 2.45) is 5.73 Å². The van der Waals surface area contributed by atoms with E-state index >= 15 is 0 Å². The summed E-state index contributed by atoms with van der Waals surface area (Å²) < 4.78 is 0.937. The fourth-order valence-electron chi connectivity index (χ4n) is 1.61. The van der Waals surface area contributed by atoms with E-state index in [1.165, 1.54) is 6.20 Å². The highest BCUT2D eigenvalue weighted by Gasteiger charge is 2.15. The maximum atomic E-state index is 6.18. The number of hydrogen-bond donors (Lipinski definition) is 2. The minimum atomic E-state index is -0.350. The largest absolute Gasteiger partial charge is 0.383 e. The number of nitrogen functional groups attached to an aromatic ring is 1. The zero-order valence-electron chi connectivity index (χ0n) is 8.90. The minimum absolute atomic E-state index is 0.350. The number of pyridine rings is 1. The van der Waals surface area contributed by atoms with Crippen LogP contribution in [0, 0.1) is 0 Å². The van der Waals surface area contributed by atoms with Crippen LogP contribution in [-0.2, 0) is 0 Å². The average molecular weight is 313 g/mol. The molecule has 5 heteroatoms. The molecule has 0 aliphatic carbocycles. The first-order chi connectivity index (χ1) is 8.09. The molecule has 0 saturated heterocycles. The highest BCUT2D eigenvalue weighted by atomic mass is 79.9. The minimum Gasteiger partial charge on any atom is -0.383 e. The van der Waals surface area contributed by atoms with E-state index in [0.29, 0.717) is 10.8 Å². The molecule has 1 atom stereocenters. The third-order valence-electron chi connectivity index (χ3n) is 2.49. The third-order valence-corrected chi connectivity index (χ3v) is 3.42. The SMILES string of the molecule is Nc1ncc(Cl)cc1C(N)c1ccccc1Br. The van der Waals surface area contributed by atoms with Crippen molar-refractivity contribution >= 4 is 33.3 Å². The molecule has 4 N–H and O–H groups in total. The number of benzene rings is 1. The summed E-state index contributed by atoms with van der Waals surface area (Å²) in [4.78, 5) is 4.01. The van der Waals surface area contributed by atoms with Crippen molar-refractivity contribution in [2.75, 3.05) is 5.73 Å². The van der Waals surface area contributed by atoms with Crippen LogP contribution in [-0.4, -0.2) is 4.98 Å². The van der Waals surface area contributed by atoms with Gasteiger partial charge in [-0.1, -0.05) is 45.7 Å². The van der Waals surface area contributed by atoms with Gasteiger partial charge in [0.05, 0.1) is 11.1 Å². The Morgan fingerprint density at radius 3 is 2.65 bits per heavy atom. The first-order valence-corrected chi connectivity index (χ1v) is 6.17. The normalized spacial score (nSPS) is 12.4. The standard InChI is InChI=1S/C12H11BrClN3/c13-10-4-2-1-3-8(10)11(15)9-5-7(14)6-17-12(9)16/h1-6,11H,15H2,(H2,16,17). The van der Waals surface area contributed by atoms with E-state index in [2.05, 4.69) is 20.9 Å². The number of aromatic nitrogens is 1. The molecule has 88 valence electrons. The van der Waals surface area contributed by atoms with Crippen LogP contribution in [0.2, 0.25) is 5.02 Å². The smallest absolute Gasteiger partial charge is 0.128 e. The maximum Gasteiger partial charge on any atom is 0.128 e. The number of halogens is 2. The van der Waals surface area contributed by atoms with Gasteiger partial charge in [-0.25, -0.2) is 4.98 Å². The highest BCUT2D eigenvalue weighted by Crippen LogP contribution is 2.30. The van der Waals surface area contributed by atoms with Crippen LogP contribution in [0.15, 0.2) is 41.0 Å². The van der Waals surface area contributed by atoms with Gasteiger partial charge < -0.3 is 11.5 Å². The lowest BCUT2D eigenvalue weighted by atomic mass is 10.0. The Balaban J connectivity index is 2.47. The summed E-state index contributed by atoms with van der Waals surface area (Å²) in [5.74, 6) is 0.401. The second-order valence-electron chi connectivity index (χ2n) is 3.63. The van der Waals surface area contributed by atoms with Crippen molar-refractivity contribution in [3.05, 3.63) is 57.2 Å². The molecule has 2 aromatic rings. The Bertz CT molecular complexity index is 545. The molecule has 0 bridgehead atoms. The van der Waals surface area contributed by atoms with E-state index in [4.69, 9.17) is 23.1 Å². The molecule has 17 heavy (non-hydrogen) atoms. The van der Waals surface area contributed by atoms with Crippen LogP contribution < -0.4 is 11.5 Å². The van der Waals surface area contributed by atoms with Gasteiger partial charge in [0.15, 0.2) is 0 Å². The van der Waals surface area contributed by atoms with Crippen molar-refractivity contribution in [1.29, 1.82) is 0 Å². The number of anilines is 1. The molecule has 2 rings (SSSR count). The first-order valence-electron chi connectivity index (χ1n) is 5.00. The Hall–Kier alpha value is -1.10. The summed E-state index contributed by atoms with van der Waals surface area (Å²) in [7, 11) is 0. The predicted molar refractivity (Wildman–Crippen MR) is 73.8 cm³/mol. The fraction of sp³-hybridized carbons (Fsp3) is 0.0833. The molecule has 0 saturated carbocycles. The number of rotatable bonds is 2. The van der Waals surface area contributed by atoms with Crippen LogP contribution >= 0.6 is 27.5 Å². The van der Waals surface area contributed by atoms with Crippen molar-refractivity contribution in [3.8, 4) is 0 Å². The number of nitrogens with zero attached hydrogens (tertiary/aromatic N) is 1. The van der Waals surface area contributed by atoms with E-state index < -0.39 is 0 Å². The zero-order chi connectivity index (χ0) is 12.4. The van der Waals surface area contributed by atoms with Crippen LogP contribution in [0.25, 0.3) is 0 Å². The van der Waals surface area contributed by atoms with E-state index in [1.54, 1.807) is 6.07 Å². The monoisotopic (exact) mass is 311 g/mol. The molecular weight excluding hydrogens is 302 g/mol. The van der Waals surface area contributed by atoms with E-state index in [1.807, 2.05) is 24.3 Å². The van der Waals surface area contributed by atoms with Gasteiger partial charge in [-0.3, -0.25) is 0 Å². The summed E-state index contributed by atoms with van der Waals surface area (Å²) in [5, 5.41) is 0.525. The van der Waals surface area contributed by atoms with Gasteiger partial charge in [0, 0.05) is 16.2 Å². The fourth-order valence-corrected chi connectivity index (χ4v) is 2.31. The van der Waals surface area contributed by atoms with Gasteiger partial charge in [0.2, 0.25) is 0 Å². The van der Waals surface area contributed by atoms with Gasteiger partial charge in [0.25, 0.3) is 0 Å². The molecule has 1 heterocycles. The van der Waals surface area contributed by atoms with Gasteiger partial charge >= 0.3 is 0 Å². The van der Waals surface area contributed by atoms with Gasteiger partial charge in [-0.05, 0) is 17.7 Å².